The van der Waals surface area contributed by atoms with Crippen molar-refractivity contribution in [3.63, 3.8) is 0 Å². The summed E-state index contributed by atoms with van der Waals surface area (Å²) < 4.78 is 7.30. The summed E-state index contributed by atoms with van der Waals surface area (Å²) in [6, 6.07) is 5.76. The lowest BCUT2D eigenvalue weighted by molar-refractivity contribution is 0.0298. The van der Waals surface area contributed by atoms with E-state index in [1.54, 1.807) is 4.90 Å². The van der Waals surface area contributed by atoms with Crippen molar-refractivity contribution in [3.05, 3.63) is 35.8 Å². The summed E-state index contributed by atoms with van der Waals surface area (Å²) in [5.41, 5.74) is 2.14. The van der Waals surface area contributed by atoms with Gasteiger partial charge in [-0.1, -0.05) is 13.0 Å². The minimum atomic E-state index is -0.0444. The molecule has 2 aromatic rings. The highest BCUT2D eigenvalue weighted by Gasteiger charge is 2.26. The van der Waals surface area contributed by atoms with E-state index >= 15 is 0 Å². The van der Waals surface area contributed by atoms with E-state index in [2.05, 4.69) is 9.88 Å². The monoisotopic (exact) mass is 332 g/mol. The molecule has 0 unspecified atom stereocenters. The molecule has 3 heterocycles. The van der Waals surface area contributed by atoms with Crippen LogP contribution in [-0.2, 0) is 11.3 Å². The SMILES string of the molecule is CCN(CCO)Cc1c(C(=O)N2CCOCC2)nc2ccccn12. The zero-order valence-corrected chi connectivity index (χ0v) is 14.0. The lowest BCUT2D eigenvalue weighted by Crippen LogP contribution is -2.41. The molecule has 0 spiro atoms. The van der Waals surface area contributed by atoms with Gasteiger partial charge in [0, 0.05) is 32.4 Å². The number of aromatic nitrogens is 2. The van der Waals surface area contributed by atoms with Gasteiger partial charge in [-0.2, -0.15) is 0 Å². The Hall–Kier alpha value is -1.96. The minimum Gasteiger partial charge on any atom is -0.395 e. The van der Waals surface area contributed by atoms with E-state index in [1.165, 1.54) is 0 Å². The number of ether oxygens (including phenoxy) is 1. The number of hydrogen-bond acceptors (Lipinski definition) is 5. The predicted molar refractivity (Wildman–Crippen MR) is 90.0 cm³/mol. The first kappa shape index (κ1) is 16.9. The third-order valence-electron chi connectivity index (χ3n) is 4.37. The van der Waals surface area contributed by atoms with E-state index in [9.17, 15) is 9.90 Å². The molecule has 1 N–H and O–H groups in total. The van der Waals surface area contributed by atoms with Crippen molar-refractivity contribution in [1.82, 2.24) is 19.2 Å². The highest BCUT2D eigenvalue weighted by atomic mass is 16.5. The summed E-state index contributed by atoms with van der Waals surface area (Å²) in [7, 11) is 0. The fourth-order valence-electron chi connectivity index (χ4n) is 2.99. The second-order valence-corrected chi connectivity index (χ2v) is 5.83. The third-order valence-corrected chi connectivity index (χ3v) is 4.37. The summed E-state index contributed by atoms with van der Waals surface area (Å²) in [4.78, 5) is 21.4. The van der Waals surface area contributed by atoms with Crippen molar-refractivity contribution in [2.45, 2.75) is 13.5 Å². The van der Waals surface area contributed by atoms with Gasteiger partial charge in [-0.15, -0.1) is 0 Å². The molecule has 3 rings (SSSR count). The van der Waals surface area contributed by atoms with Gasteiger partial charge >= 0.3 is 0 Å². The van der Waals surface area contributed by atoms with Crippen molar-refractivity contribution in [2.75, 3.05) is 46.0 Å². The van der Waals surface area contributed by atoms with Crippen molar-refractivity contribution in [3.8, 4) is 0 Å². The Morgan fingerprint density at radius 2 is 2.17 bits per heavy atom. The van der Waals surface area contributed by atoms with E-state index in [1.807, 2.05) is 35.7 Å². The average Bonchev–Trinajstić information content (AvgIpc) is 3.00. The number of aliphatic hydroxyl groups excluding tert-OH is 1. The summed E-state index contributed by atoms with van der Waals surface area (Å²) in [6.07, 6.45) is 1.93. The fraction of sp³-hybridized carbons (Fsp3) is 0.529. The quantitative estimate of drug-likeness (QED) is 0.840. The van der Waals surface area contributed by atoms with Gasteiger partial charge < -0.3 is 19.1 Å². The van der Waals surface area contributed by atoms with Gasteiger partial charge in [0.25, 0.3) is 5.91 Å². The van der Waals surface area contributed by atoms with Crippen LogP contribution in [0.1, 0.15) is 23.1 Å². The maximum absolute atomic E-state index is 12.9. The van der Waals surface area contributed by atoms with Gasteiger partial charge in [0.05, 0.1) is 25.5 Å². The molecule has 1 aliphatic heterocycles. The molecule has 1 fully saturated rings. The number of carbonyl (C=O) groups excluding carboxylic acids is 1. The number of nitrogens with zero attached hydrogens (tertiary/aromatic N) is 4. The Kier molecular flexibility index (Phi) is 5.44. The van der Waals surface area contributed by atoms with E-state index in [0.717, 1.165) is 17.9 Å². The van der Waals surface area contributed by atoms with Gasteiger partial charge in [0.2, 0.25) is 0 Å². The van der Waals surface area contributed by atoms with Gasteiger partial charge in [-0.3, -0.25) is 9.69 Å². The Labute approximate surface area is 141 Å². The lowest BCUT2D eigenvalue weighted by atomic mass is 10.2. The Balaban J connectivity index is 1.96. The molecular formula is C17H24N4O3. The van der Waals surface area contributed by atoms with Crippen LogP contribution in [0.25, 0.3) is 5.65 Å². The van der Waals surface area contributed by atoms with E-state index in [4.69, 9.17) is 4.74 Å². The number of aliphatic hydroxyl groups is 1. The molecule has 1 aliphatic rings. The first-order valence-electron chi connectivity index (χ1n) is 8.40. The molecule has 0 bridgehead atoms. The molecule has 7 nitrogen and oxygen atoms in total. The smallest absolute Gasteiger partial charge is 0.274 e. The zero-order valence-electron chi connectivity index (χ0n) is 14.0. The topological polar surface area (TPSA) is 70.3 Å². The van der Waals surface area contributed by atoms with Crippen molar-refractivity contribution >= 4 is 11.6 Å². The largest absolute Gasteiger partial charge is 0.395 e. The van der Waals surface area contributed by atoms with Crippen LogP contribution in [0, 0.1) is 0 Å². The molecule has 2 aromatic heterocycles. The first-order chi connectivity index (χ1) is 11.7. The Morgan fingerprint density at radius 3 is 2.88 bits per heavy atom. The number of rotatable bonds is 6. The van der Waals surface area contributed by atoms with Gasteiger partial charge in [0.1, 0.15) is 5.65 Å². The van der Waals surface area contributed by atoms with Crippen LogP contribution in [0.15, 0.2) is 24.4 Å². The van der Waals surface area contributed by atoms with E-state index in [-0.39, 0.29) is 12.5 Å². The van der Waals surface area contributed by atoms with Crippen LogP contribution in [0.5, 0.6) is 0 Å². The minimum absolute atomic E-state index is 0.0444. The van der Waals surface area contributed by atoms with Gasteiger partial charge in [-0.05, 0) is 18.7 Å². The number of fused-ring (bicyclic) bond motifs is 1. The van der Waals surface area contributed by atoms with Crippen LogP contribution in [-0.4, -0.2) is 76.2 Å². The highest BCUT2D eigenvalue weighted by molar-refractivity contribution is 5.94. The molecule has 24 heavy (non-hydrogen) atoms. The van der Waals surface area contributed by atoms with Gasteiger partial charge in [0.15, 0.2) is 5.69 Å². The van der Waals surface area contributed by atoms with Crippen LogP contribution < -0.4 is 0 Å². The van der Waals surface area contributed by atoms with Crippen LogP contribution in [0.3, 0.4) is 0 Å². The number of amides is 1. The van der Waals surface area contributed by atoms with Crippen LogP contribution in [0.2, 0.25) is 0 Å². The third kappa shape index (κ3) is 3.43. The second kappa shape index (κ2) is 7.74. The molecule has 1 saturated heterocycles. The number of hydrogen-bond donors (Lipinski definition) is 1. The molecule has 0 aromatic carbocycles. The predicted octanol–water partition coefficient (Wildman–Crippen LogP) is 0.621. The Morgan fingerprint density at radius 1 is 1.38 bits per heavy atom. The number of carbonyl (C=O) groups is 1. The van der Waals surface area contributed by atoms with E-state index in [0.29, 0.717) is 45.1 Å². The lowest BCUT2D eigenvalue weighted by Gasteiger charge is -2.27. The average molecular weight is 332 g/mol. The number of likely N-dealkylation sites (N-methyl/N-ethyl adjacent to an activating group) is 1. The summed E-state index contributed by atoms with van der Waals surface area (Å²) in [5, 5.41) is 9.24. The van der Waals surface area contributed by atoms with Crippen molar-refractivity contribution in [1.29, 1.82) is 0 Å². The second-order valence-electron chi connectivity index (χ2n) is 5.83. The summed E-state index contributed by atoms with van der Waals surface area (Å²) in [5.74, 6) is -0.0444. The maximum Gasteiger partial charge on any atom is 0.274 e. The fourth-order valence-corrected chi connectivity index (χ4v) is 2.99. The molecule has 0 atom stereocenters. The van der Waals surface area contributed by atoms with Crippen LogP contribution >= 0.6 is 0 Å². The zero-order chi connectivity index (χ0) is 16.9. The molecule has 1 amide bonds. The molecule has 7 heteroatoms. The molecule has 0 radical (unpaired) electrons. The van der Waals surface area contributed by atoms with Gasteiger partial charge in [-0.25, -0.2) is 4.98 Å². The number of morpholine rings is 1. The van der Waals surface area contributed by atoms with E-state index < -0.39 is 0 Å². The Bertz CT molecular complexity index is 694. The first-order valence-corrected chi connectivity index (χ1v) is 8.40. The number of pyridine rings is 1. The maximum atomic E-state index is 12.9. The highest BCUT2D eigenvalue weighted by Crippen LogP contribution is 2.17. The van der Waals surface area contributed by atoms with Crippen LogP contribution in [0.4, 0.5) is 0 Å². The molecule has 130 valence electrons. The summed E-state index contributed by atoms with van der Waals surface area (Å²) >= 11 is 0. The number of imidazole rings is 1. The molecule has 0 aliphatic carbocycles. The molecular weight excluding hydrogens is 308 g/mol. The van der Waals surface area contributed by atoms with Crippen molar-refractivity contribution < 1.29 is 14.6 Å². The summed E-state index contributed by atoms with van der Waals surface area (Å²) in [6.45, 7) is 6.42. The van der Waals surface area contributed by atoms with Crippen molar-refractivity contribution in [2.24, 2.45) is 0 Å². The normalized spacial score (nSPS) is 15.4. The standard InChI is InChI=1S/C17H24N4O3/c1-2-19(7-10-22)13-14-16(17(23)20-8-11-24-12-9-20)18-15-5-3-4-6-21(14)15/h3-6,22H,2,7-13H2,1H3. The molecule has 0 saturated carbocycles.